The second-order valence-electron chi connectivity index (χ2n) is 6.19. The highest BCUT2D eigenvalue weighted by Crippen LogP contribution is 2.32. The highest BCUT2D eigenvalue weighted by molar-refractivity contribution is 7.18. The molecule has 0 radical (unpaired) electrons. The van der Waals surface area contributed by atoms with Crippen molar-refractivity contribution in [3.63, 3.8) is 0 Å². The number of carbonyl (C=O) groups is 1. The van der Waals surface area contributed by atoms with Gasteiger partial charge in [-0.1, -0.05) is 6.07 Å². The maximum absolute atomic E-state index is 12.4. The number of aryl methyl sites for hydroxylation is 1. The quantitative estimate of drug-likeness (QED) is 0.721. The molecule has 0 fully saturated rings. The molecule has 134 valence electrons. The summed E-state index contributed by atoms with van der Waals surface area (Å²) < 4.78 is 11.8. The largest absolute Gasteiger partial charge is 0.454 e. The van der Waals surface area contributed by atoms with E-state index in [1.165, 1.54) is 0 Å². The Morgan fingerprint density at radius 3 is 2.96 bits per heavy atom. The molecular formula is C19H19N3O3S. The molecule has 4 rings (SSSR count). The summed E-state index contributed by atoms with van der Waals surface area (Å²) in [7, 11) is 0. The lowest BCUT2D eigenvalue weighted by Gasteiger charge is -2.15. The normalized spacial score (nSPS) is 13.6. The number of carbonyl (C=O) groups excluding carboxylic acids is 1. The van der Waals surface area contributed by atoms with Gasteiger partial charge in [0.2, 0.25) is 12.7 Å². The van der Waals surface area contributed by atoms with E-state index in [2.05, 4.69) is 15.6 Å². The Morgan fingerprint density at radius 2 is 2.08 bits per heavy atom. The third-order valence-electron chi connectivity index (χ3n) is 4.18. The van der Waals surface area contributed by atoms with Gasteiger partial charge < -0.3 is 20.1 Å². The smallest absolute Gasteiger partial charge is 0.242 e. The van der Waals surface area contributed by atoms with E-state index in [0.717, 1.165) is 38.0 Å². The van der Waals surface area contributed by atoms with Crippen LogP contribution in [-0.4, -0.2) is 23.7 Å². The van der Waals surface area contributed by atoms with E-state index >= 15 is 0 Å². The van der Waals surface area contributed by atoms with Crippen LogP contribution in [0.4, 0.5) is 5.69 Å². The zero-order chi connectivity index (χ0) is 18.1. The van der Waals surface area contributed by atoms with Crippen LogP contribution in [-0.2, 0) is 11.3 Å². The van der Waals surface area contributed by atoms with E-state index < -0.39 is 0 Å². The van der Waals surface area contributed by atoms with Crippen LogP contribution in [0.2, 0.25) is 0 Å². The molecule has 0 aliphatic carbocycles. The first kappa shape index (κ1) is 16.7. The van der Waals surface area contributed by atoms with Gasteiger partial charge in [-0.3, -0.25) is 4.79 Å². The van der Waals surface area contributed by atoms with Crippen LogP contribution in [0.1, 0.15) is 17.5 Å². The van der Waals surface area contributed by atoms with Crippen LogP contribution in [0, 0.1) is 6.92 Å². The van der Waals surface area contributed by atoms with E-state index in [4.69, 9.17) is 9.47 Å². The van der Waals surface area contributed by atoms with Crippen LogP contribution >= 0.6 is 11.3 Å². The monoisotopic (exact) mass is 369 g/mol. The lowest BCUT2D eigenvalue weighted by atomic mass is 10.2. The minimum absolute atomic E-state index is 0.0664. The van der Waals surface area contributed by atoms with Crippen molar-refractivity contribution in [3.05, 3.63) is 47.0 Å². The Labute approximate surface area is 155 Å². The van der Waals surface area contributed by atoms with Crippen LogP contribution < -0.4 is 20.1 Å². The van der Waals surface area contributed by atoms with Crippen molar-refractivity contribution in [2.24, 2.45) is 0 Å². The number of ether oxygens (including phenoxy) is 2. The first-order chi connectivity index (χ1) is 12.6. The molecule has 0 saturated heterocycles. The van der Waals surface area contributed by atoms with Gasteiger partial charge in [0.25, 0.3) is 0 Å². The van der Waals surface area contributed by atoms with Crippen molar-refractivity contribution in [1.29, 1.82) is 0 Å². The van der Waals surface area contributed by atoms with Gasteiger partial charge in [0.05, 0.1) is 15.2 Å². The maximum Gasteiger partial charge on any atom is 0.242 e. The first-order valence-corrected chi connectivity index (χ1v) is 9.20. The van der Waals surface area contributed by atoms with Gasteiger partial charge in [-0.05, 0) is 49.7 Å². The molecule has 1 atom stereocenters. The molecule has 0 spiro atoms. The highest BCUT2D eigenvalue weighted by atomic mass is 32.1. The van der Waals surface area contributed by atoms with Gasteiger partial charge in [-0.2, -0.15) is 0 Å². The number of aromatic nitrogens is 1. The Bertz CT molecular complexity index is 970. The third kappa shape index (κ3) is 3.43. The first-order valence-electron chi connectivity index (χ1n) is 8.38. The van der Waals surface area contributed by atoms with Crippen molar-refractivity contribution < 1.29 is 14.3 Å². The number of rotatable bonds is 5. The number of fused-ring (bicyclic) bond motifs is 2. The Kier molecular flexibility index (Phi) is 4.38. The number of hydrogen-bond donors (Lipinski definition) is 2. The predicted octanol–water partition coefficient (Wildman–Crippen LogP) is 3.45. The zero-order valence-corrected chi connectivity index (χ0v) is 15.4. The summed E-state index contributed by atoms with van der Waals surface area (Å²) >= 11 is 1.65. The van der Waals surface area contributed by atoms with Crippen molar-refractivity contribution in [2.75, 3.05) is 12.1 Å². The van der Waals surface area contributed by atoms with Crippen LogP contribution in [0.3, 0.4) is 0 Å². The molecule has 3 aromatic rings. The number of anilines is 1. The lowest BCUT2D eigenvalue weighted by molar-refractivity contribution is -0.121. The van der Waals surface area contributed by atoms with E-state index in [1.54, 1.807) is 11.3 Å². The average Bonchev–Trinajstić information content (AvgIpc) is 3.23. The molecule has 1 aliphatic rings. The number of nitrogens with one attached hydrogen (secondary N) is 2. The maximum atomic E-state index is 12.4. The molecule has 1 aliphatic heterocycles. The molecule has 0 bridgehead atoms. The number of hydrogen-bond acceptors (Lipinski definition) is 6. The van der Waals surface area contributed by atoms with E-state index in [1.807, 2.05) is 50.2 Å². The van der Waals surface area contributed by atoms with Crippen molar-refractivity contribution in [3.8, 4) is 11.5 Å². The molecule has 6 nitrogen and oxygen atoms in total. The second-order valence-corrected chi connectivity index (χ2v) is 7.42. The average molecular weight is 369 g/mol. The Morgan fingerprint density at radius 1 is 1.23 bits per heavy atom. The minimum atomic E-state index is -0.351. The topological polar surface area (TPSA) is 72.5 Å². The van der Waals surface area contributed by atoms with Gasteiger partial charge in [0.1, 0.15) is 6.04 Å². The second kappa shape index (κ2) is 6.84. The molecule has 1 aromatic heterocycles. The summed E-state index contributed by atoms with van der Waals surface area (Å²) in [5.41, 5.74) is 2.86. The molecule has 2 heterocycles. The van der Waals surface area contributed by atoms with Crippen LogP contribution in [0.5, 0.6) is 11.5 Å². The Hall–Kier alpha value is -2.80. The fourth-order valence-corrected chi connectivity index (χ4v) is 3.70. The summed E-state index contributed by atoms with van der Waals surface area (Å²) in [6, 6.07) is 11.3. The van der Waals surface area contributed by atoms with Crippen molar-refractivity contribution in [1.82, 2.24) is 10.3 Å². The van der Waals surface area contributed by atoms with Crippen LogP contribution in [0.15, 0.2) is 36.4 Å². The molecule has 2 aromatic carbocycles. The number of thiazole rings is 1. The molecule has 1 unspecified atom stereocenters. The molecule has 2 N–H and O–H groups in total. The fraction of sp³-hybridized carbons (Fsp3) is 0.263. The molecule has 7 heteroatoms. The summed E-state index contributed by atoms with van der Waals surface area (Å²) in [6.07, 6.45) is 0. The number of amides is 1. The van der Waals surface area contributed by atoms with Gasteiger partial charge >= 0.3 is 0 Å². The van der Waals surface area contributed by atoms with Crippen molar-refractivity contribution in [2.45, 2.75) is 26.4 Å². The van der Waals surface area contributed by atoms with Gasteiger partial charge in [0, 0.05) is 12.2 Å². The fourth-order valence-electron chi connectivity index (χ4n) is 2.84. The molecule has 0 saturated carbocycles. The van der Waals surface area contributed by atoms with E-state index in [-0.39, 0.29) is 18.7 Å². The SMILES string of the molecule is Cc1nc2ccc(NC(C)C(=O)NCc3ccc4c(c3)OCO4)cc2s1. The van der Waals surface area contributed by atoms with Crippen molar-refractivity contribution >= 4 is 33.1 Å². The lowest BCUT2D eigenvalue weighted by Crippen LogP contribution is -2.37. The third-order valence-corrected chi connectivity index (χ3v) is 5.11. The van der Waals surface area contributed by atoms with Gasteiger partial charge in [-0.25, -0.2) is 4.98 Å². The van der Waals surface area contributed by atoms with E-state index in [9.17, 15) is 4.79 Å². The summed E-state index contributed by atoms with van der Waals surface area (Å²) in [4.78, 5) is 16.8. The highest BCUT2D eigenvalue weighted by Gasteiger charge is 2.15. The van der Waals surface area contributed by atoms with Crippen LogP contribution in [0.25, 0.3) is 10.2 Å². The number of benzene rings is 2. The summed E-state index contributed by atoms with van der Waals surface area (Å²) in [6.45, 7) is 4.52. The predicted molar refractivity (Wildman–Crippen MR) is 102 cm³/mol. The summed E-state index contributed by atoms with van der Waals surface area (Å²) in [5.74, 6) is 1.39. The van der Waals surface area contributed by atoms with Gasteiger partial charge in [0.15, 0.2) is 11.5 Å². The molecule has 26 heavy (non-hydrogen) atoms. The number of nitrogens with zero attached hydrogens (tertiary/aromatic N) is 1. The summed E-state index contributed by atoms with van der Waals surface area (Å²) in [5, 5.41) is 7.22. The Balaban J connectivity index is 1.36. The van der Waals surface area contributed by atoms with Gasteiger partial charge in [-0.15, -0.1) is 11.3 Å². The minimum Gasteiger partial charge on any atom is -0.454 e. The molecule has 1 amide bonds. The standard InChI is InChI=1S/C19H19N3O3S/c1-11(21-14-4-5-15-18(8-14)26-12(2)22-15)19(23)20-9-13-3-6-16-17(7-13)25-10-24-16/h3-8,11,21H,9-10H2,1-2H3,(H,20,23). The zero-order valence-electron chi connectivity index (χ0n) is 14.5. The van der Waals surface area contributed by atoms with E-state index in [0.29, 0.717) is 6.54 Å². The molecular weight excluding hydrogens is 350 g/mol.